The van der Waals surface area contributed by atoms with Gasteiger partial charge in [0.2, 0.25) is 0 Å². The maximum absolute atomic E-state index is 12.5. The van der Waals surface area contributed by atoms with Crippen LogP contribution < -0.4 is 11.2 Å². The van der Waals surface area contributed by atoms with Crippen molar-refractivity contribution in [1.82, 2.24) is 18.7 Å². The van der Waals surface area contributed by atoms with E-state index in [-0.39, 0.29) is 11.2 Å². The van der Waals surface area contributed by atoms with Crippen LogP contribution in [0.15, 0.2) is 38.6 Å². The molecule has 2 aromatic heterocycles. The van der Waals surface area contributed by atoms with E-state index in [9.17, 15) is 9.59 Å². The Morgan fingerprint density at radius 3 is 2.33 bits per heavy atom. The quantitative estimate of drug-likeness (QED) is 0.312. The highest BCUT2D eigenvalue weighted by atomic mass is 127. The first-order chi connectivity index (χ1) is 11.4. The molecule has 0 saturated heterocycles. The molecule has 0 amide bonds. The molecule has 126 valence electrons. The Balaban J connectivity index is 2.02. The molecule has 0 fully saturated rings. The average molecular weight is 503 g/mol. The van der Waals surface area contributed by atoms with E-state index in [2.05, 4.69) is 67.8 Å². The van der Waals surface area contributed by atoms with Gasteiger partial charge in [-0.05, 0) is 33.5 Å². The van der Waals surface area contributed by atoms with Crippen molar-refractivity contribution in [2.45, 2.75) is 17.4 Å². The molecular weight excluding hydrogens is 487 g/mol. The summed E-state index contributed by atoms with van der Waals surface area (Å²) < 4.78 is 5.87. The highest BCUT2D eigenvalue weighted by molar-refractivity contribution is 14.1. The second-order valence-electron chi connectivity index (χ2n) is 5.61. The summed E-state index contributed by atoms with van der Waals surface area (Å²) in [4.78, 5) is 28.9. The normalized spacial score (nSPS) is 11.3. The zero-order valence-corrected chi connectivity index (χ0v) is 17.0. The Morgan fingerprint density at radius 1 is 1.08 bits per heavy atom. The first kappa shape index (κ1) is 17.4. The van der Waals surface area contributed by atoms with Gasteiger partial charge in [-0.25, -0.2) is 9.78 Å². The highest BCUT2D eigenvalue weighted by Gasteiger charge is 2.17. The fourth-order valence-corrected chi connectivity index (χ4v) is 3.69. The number of aromatic nitrogens is 4. The predicted molar refractivity (Wildman–Crippen MR) is 106 cm³/mol. The lowest BCUT2D eigenvalue weighted by atomic mass is 10.1. The van der Waals surface area contributed by atoms with E-state index in [4.69, 9.17) is 0 Å². The minimum absolute atomic E-state index is 0.327. The molecule has 0 saturated carbocycles. The van der Waals surface area contributed by atoms with E-state index in [1.807, 2.05) is 4.57 Å². The van der Waals surface area contributed by atoms with Gasteiger partial charge in [0, 0.05) is 25.1 Å². The van der Waals surface area contributed by atoms with Gasteiger partial charge in [0.25, 0.3) is 5.56 Å². The van der Waals surface area contributed by atoms with Gasteiger partial charge in [0.05, 0.1) is 0 Å². The lowest BCUT2D eigenvalue weighted by Crippen LogP contribution is -2.37. The summed E-state index contributed by atoms with van der Waals surface area (Å²) in [5, 5.41) is 0. The van der Waals surface area contributed by atoms with Crippen LogP contribution in [0.5, 0.6) is 0 Å². The smallest absolute Gasteiger partial charge is 0.312 e. The fraction of sp³-hybridized carbons (Fsp3) is 0.312. The average Bonchev–Trinajstić information content (AvgIpc) is 2.93. The van der Waals surface area contributed by atoms with Crippen LogP contribution in [0, 0.1) is 0 Å². The molecule has 0 bridgehead atoms. The summed E-state index contributed by atoms with van der Waals surface area (Å²) in [5.41, 5.74) is 2.62. The monoisotopic (exact) mass is 502 g/mol. The summed E-state index contributed by atoms with van der Waals surface area (Å²) in [6.07, 6.45) is 0.775. The molecule has 3 aromatic rings. The van der Waals surface area contributed by atoms with Gasteiger partial charge in [-0.3, -0.25) is 13.9 Å². The van der Waals surface area contributed by atoms with Crippen molar-refractivity contribution in [3.05, 3.63) is 61.0 Å². The zero-order chi connectivity index (χ0) is 17.4. The van der Waals surface area contributed by atoms with E-state index in [0.717, 1.165) is 15.4 Å². The first-order valence-electron chi connectivity index (χ1n) is 7.39. The Kier molecular flexibility index (Phi) is 4.95. The van der Waals surface area contributed by atoms with Gasteiger partial charge >= 0.3 is 5.69 Å². The number of nitrogens with zero attached hydrogens (tertiary/aromatic N) is 4. The Morgan fingerprint density at radius 2 is 1.71 bits per heavy atom. The minimum Gasteiger partial charge on any atom is -0.312 e. The highest BCUT2D eigenvalue weighted by Crippen LogP contribution is 2.17. The number of aryl methyl sites for hydroxylation is 3. The summed E-state index contributed by atoms with van der Waals surface area (Å²) in [6.45, 7) is 0.605. The van der Waals surface area contributed by atoms with Crippen molar-refractivity contribution in [2.75, 3.05) is 0 Å². The van der Waals surface area contributed by atoms with Crippen molar-refractivity contribution in [3.8, 4) is 0 Å². The lowest BCUT2D eigenvalue weighted by Gasteiger charge is -2.08. The minimum atomic E-state index is -0.376. The molecule has 0 unspecified atom stereocenters. The second-order valence-corrected chi connectivity index (χ2v) is 7.08. The lowest BCUT2D eigenvalue weighted by molar-refractivity contribution is 0.678. The number of benzene rings is 1. The number of imidazole rings is 1. The summed E-state index contributed by atoms with van der Waals surface area (Å²) in [6, 6.07) is 8.45. The molecule has 1 aromatic carbocycles. The standard InChI is InChI=1S/C16H16BrIN4O2/c1-20-13-12(14(23)21(2)16(20)24)22(15(17)19-13)8-7-10-3-5-11(9-18)6-4-10/h3-6H,7-9H2,1-2H3. The van der Waals surface area contributed by atoms with E-state index >= 15 is 0 Å². The molecule has 6 nitrogen and oxygen atoms in total. The Hall–Kier alpha value is -1.42. The van der Waals surface area contributed by atoms with Gasteiger partial charge in [0.15, 0.2) is 15.9 Å². The molecule has 8 heteroatoms. The van der Waals surface area contributed by atoms with E-state index < -0.39 is 0 Å². The molecule has 3 rings (SSSR count). The van der Waals surface area contributed by atoms with Gasteiger partial charge < -0.3 is 4.57 Å². The topological polar surface area (TPSA) is 61.8 Å². The fourth-order valence-electron chi connectivity index (χ4n) is 2.66. The maximum atomic E-state index is 12.5. The molecule has 0 N–H and O–H groups in total. The molecule has 0 aliphatic heterocycles. The molecular formula is C16H16BrIN4O2. The van der Waals surface area contributed by atoms with Crippen LogP contribution in [-0.4, -0.2) is 18.7 Å². The predicted octanol–water partition coefficient (Wildman–Crippen LogP) is 2.37. The van der Waals surface area contributed by atoms with E-state index in [1.165, 1.54) is 22.7 Å². The molecule has 24 heavy (non-hydrogen) atoms. The molecule has 2 heterocycles. The van der Waals surface area contributed by atoms with E-state index in [1.54, 1.807) is 7.05 Å². The van der Waals surface area contributed by atoms with Crippen LogP contribution in [0.4, 0.5) is 0 Å². The van der Waals surface area contributed by atoms with Gasteiger partial charge in [-0.2, -0.15) is 0 Å². The third-order valence-electron chi connectivity index (χ3n) is 4.10. The van der Waals surface area contributed by atoms with Crippen LogP contribution in [0.2, 0.25) is 0 Å². The number of hydrogen-bond donors (Lipinski definition) is 0. The second kappa shape index (κ2) is 6.83. The first-order valence-corrected chi connectivity index (χ1v) is 9.71. The number of alkyl halides is 1. The summed E-state index contributed by atoms with van der Waals surface area (Å²) in [7, 11) is 3.11. The van der Waals surface area contributed by atoms with Crippen LogP contribution in [-0.2, 0) is 31.5 Å². The van der Waals surface area contributed by atoms with Crippen molar-refractivity contribution in [2.24, 2.45) is 14.1 Å². The maximum Gasteiger partial charge on any atom is 0.332 e. The Bertz CT molecular complexity index is 1020. The van der Waals surface area contributed by atoms with Crippen LogP contribution in [0.1, 0.15) is 11.1 Å². The largest absolute Gasteiger partial charge is 0.332 e. The van der Waals surface area contributed by atoms with Gasteiger partial charge in [0.1, 0.15) is 0 Å². The SMILES string of the molecule is Cn1c(=O)c2c(nc(Br)n2CCc2ccc(CI)cc2)n(C)c1=O. The molecule has 0 spiro atoms. The van der Waals surface area contributed by atoms with E-state index in [0.29, 0.717) is 22.4 Å². The summed E-state index contributed by atoms with van der Waals surface area (Å²) >= 11 is 5.75. The van der Waals surface area contributed by atoms with Gasteiger partial charge in [-0.15, -0.1) is 0 Å². The van der Waals surface area contributed by atoms with Crippen molar-refractivity contribution in [1.29, 1.82) is 0 Å². The molecule has 0 aliphatic rings. The molecule has 0 radical (unpaired) electrons. The summed E-state index contributed by atoms with van der Waals surface area (Å²) in [5.74, 6) is 0. The van der Waals surface area contributed by atoms with Crippen molar-refractivity contribution in [3.63, 3.8) is 0 Å². The number of fused-ring (bicyclic) bond motifs is 1. The van der Waals surface area contributed by atoms with Crippen LogP contribution >= 0.6 is 38.5 Å². The third-order valence-corrected chi connectivity index (χ3v) is 5.59. The van der Waals surface area contributed by atoms with Crippen molar-refractivity contribution < 1.29 is 0 Å². The van der Waals surface area contributed by atoms with Crippen LogP contribution in [0.25, 0.3) is 11.2 Å². The number of halogens is 2. The zero-order valence-electron chi connectivity index (χ0n) is 13.3. The third kappa shape index (κ3) is 2.97. The molecule has 0 atom stereocenters. The van der Waals surface area contributed by atoms with Crippen molar-refractivity contribution >= 4 is 49.7 Å². The number of rotatable bonds is 4. The molecule has 0 aliphatic carbocycles. The Labute approximate surface area is 160 Å². The van der Waals surface area contributed by atoms with Gasteiger partial charge in [-0.1, -0.05) is 46.9 Å². The number of hydrogen-bond acceptors (Lipinski definition) is 3. The van der Waals surface area contributed by atoms with Crippen LogP contribution in [0.3, 0.4) is 0 Å².